The summed E-state index contributed by atoms with van der Waals surface area (Å²) in [5, 5.41) is 1.50. The molecular weight excluding hydrogens is 457 g/mol. The molecule has 0 bridgehead atoms. The summed E-state index contributed by atoms with van der Waals surface area (Å²) in [6.07, 6.45) is 2.49. The Morgan fingerprint density at radius 2 is 0.741 bits per heavy atom. The summed E-state index contributed by atoms with van der Waals surface area (Å²) < 4.78 is 0. The molecule has 0 amide bonds. The van der Waals surface area contributed by atoms with Crippen molar-refractivity contribution >= 4 is 15.8 Å². The number of benzene rings is 1. The van der Waals surface area contributed by atoms with Crippen molar-refractivity contribution in [2.45, 2.75) is 116 Å². The number of rotatable bonds is 4. The molecule has 1 aromatic rings. The molecule has 0 radical (unpaired) electrons. The van der Waals surface area contributed by atoms with Crippen molar-refractivity contribution in [1.82, 2.24) is 0 Å². The molecule has 1 aromatic carbocycles. The quantitative estimate of drug-likeness (QED) is 0.286. The molecule has 1 rings (SSSR count). The zero-order valence-electron chi connectivity index (χ0n) is 19.9. The van der Waals surface area contributed by atoms with Gasteiger partial charge in [0.1, 0.15) is 0 Å². The van der Waals surface area contributed by atoms with Gasteiger partial charge in [-0.05, 0) is 44.1 Å². The van der Waals surface area contributed by atoms with E-state index in [9.17, 15) is 0 Å². The molecule has 0 fully saturated rings. The maximum absolute atomic E-state index is 2.43. The standard InChI is InChI=1S/C24H44P2.Pd/c1-21(2,3)25(22(4,5)6)17-19-15-13-14-16-20(19)18-26(23(7,8)9)24(10,11)12;/h13-16H,17-18H2,1-12H3;. The first kappa shape index (κ1) is 27.7. The molecule has 0 spiro atoms. The van der Waals surface area contributed by atoms with Crippen LogP contribution in [0.1, 0.15) is 94.2 Å². The van der Waals surface area contributed by atoms with E-state index in [1.165, 1.54) is 12.3 Å². The summed E-state index contributed by atoms with van der Waals surface area (Å²) in [6, 6.07) is 9.30. The normalized spacial score (nSPS) is 13.9. The van der Waals surface area contributed by atoms with Crippen molar-refractivity contribution in [2.24, 2.45) is 0 Å². The van der Waals surface area contributed by atoms with E-state index in [-0.39, 0.29) is 36.3 Å². The molecule has 0 atom stereocenters. The molecule has 0 heterocycles. The predicted octanol–water partition coefficient (Wildman–Crippen LogP) is 8.84. The van der Waals surface area contributed by atoms with E-state index >= 15 is 0 Å². The Hall–Kier alpha value is 0.742. The van der Waals surface area contributed by atoms with Crippen molar-refractivity contribution < 1.29 is 20.4 Å². The molecular formula is C24H44P2Pd. The van der Waals surface area contributed by atoms with Gasteiger partial charge in [-0.15, -0.1) is 0 Å². The van der Waals surface area contributed by atoms with Crippen LogP contribution in [0.2, 0.25) is 0 Å². The second-order valence-corrected chi connectivity index (χ2v) is 19.3. The summed E-state index contributed by atoms with van der Waals surface area (Å²) in [5.41, 5.74) is 3.20. The topological polar surface area (TPSA) is 0 Å². The average molecular weight is 501 g/mol. The Morgan fingerprint density at radius 1 is 0.519 bits per heavy atom. The van der Waals surface area contributed by atoms with Gasteiger partial charge in [0.25, 0.3) is 0 Å². The fourth-order valence-electron chi connectivity index (χ4n) is 4.17. The molecule has 0 aliphatic rings. The van der Waals surface area contributed by atoms with Crippen LogP contribution in [0.5, 0.6) is 0 Å². The largest absolute Gasteiger partial charge is 0.0911 e. The van der Waals surface area contributed by atoms with Crippen molar-refractivity contribution in [3.63, 3.8) is 0 Å². The maximum Gasteiger partial charge on any atom is 0 e. The van der Waals surface area contributed by atoms with Gasteiger partial charge >= 0.3 is 0 Å². The van der Waals surface area contributed by atoms with E-state index in [1.54, 1.807) is 11.1 Å². The van der Waals surface area contributed by atoms with Gasteiger partial charge < -0.3 is 0 Å². The van der Waals surface area contributed by atoms with Crippen molar-refractivity contribution in [3.8, 4) is 0 Å². The summed E-state index contributed by atoms with van der Waals surface area (Å²) >= 11 is 0. The monoisotopic (exact) mass is 500 g/mol. The predicted molar refractivity (Wildman–Crippen MR) is 127 cm³/mol. The first-order chi connectivity index (χ1) is 11.4. The zero-order valence-corrected chi connectivity index (χ0v) is 23.3. The van der Waals surface area contributed by atoms with Gasteiger partial charge in [0.2, 0.25) is 0 Å². The van der Waals surface area contributed by atoms with Gasteiger partial charge in [-0.1, -0.05) is 123 Å². The Balaban J connectivity index is 0.00000676. The Kier molecular flexibility index (Phi) is 9.97. The SMILES string of the molecule is CC(C)(C)P(Cc1ccccc1CP(C(C)(C)C)C(C)(C)C)C(C)(C)C.[Pd]. The van der Waals surface area contributed by atoms with Crippen LogP contribution in [0.15, 0.2) is 24.3 Å². The fourth-order valence-corrected chi connectivity index (χ4v) is 11.4. The summed E-state index contributed by atoms with van der Waals surface area (Å²) in [6.45, 7) is 29.2. The van der Waals surface area contributed by atoms with Crippen LogP contribution in [0, 0.1) is 0 Å². The van der Waals surface area contributed by atoms with Crippen LogP contribution >= 0.6 is 15.8 Å². The van der Waals surface area contributed by atoms with E-state index in [4.69, 9.17) is 0 Å². The molecule has 0 aliphatic carbocycles. The summed E-state index contributed by atoms with van der Waals surface area (Å²) in [7, 11) is -0.218. The van der Waals surface area contributed by atoms with Crippen LogP contribution in [0.4, 0.5) is 0 Å². The van der Waals surface area contributed by atoms with Gasteiger partial charge in [-0.2, -0.15) is 0 Å². The Labute approximate surface area is 187 Å². The van der Waals surface area contributed by atoms with Crippen LogP contribution in [-0.2, 0) is 32.7 Å². The molecule has 160 valence electrons. The molecule has 0 saturated heterocycles. The van der Waals surface area contributed by atoms with Crippen LogP contribution in [0.3, 0.4) is 0 Å². The minimum atomic E-state index is -0.109. The van der Waals surface area contributed by atoms with Crippen LogP contribution in [-0.4, -0.2) is 20.6 Å². The second kappa shape index (κ2) is 9.70. The van der Waals surface area contributed by atoms with E-state index < -0.39 is 0 Å². The summed E-state index contributed by atoms with van der Waals surface area (Å²) in [4.78, 5) is 0. The van der Waals surface area contributed by atoms with E-state index in [1.807, 2.05) is 0 Å². The molecule has 0 nitrogen and oxygen atoms in total. The molecule has 0 unspecified atom stereocenters. The van der Waals surface area contributed by atoms with Gasteiger partial charge in [0.15, 0.2) is 0 Å². The number of hydrogen-bond acceptors (Lipinski definition) is 0. The first-order valence-corrected chi connectivity index (χ1v) is 13.1. The second-order valence-electron chi connectivity index (χ2n) is 11.6. The molecule has 3 heteroatoms. The maximum atomic E-state index is 2.43. The molecule has 0 saturated carbocycles. The van der Waals surface area contributed by atoms with Crippen molar-refractivity contribution in [1.29, 1.82) is 0 Å². The van der Waals surface area contributed by atoms with Gasteiger partial charge in [-0.25, -0.2) is 0 Å². The van der Waals surface area contributed by atoms with Crippen molar-refractivity contribution in [3.05, 3.63) is 35.4 Å². The minimum absolute atomic E-state index is 0. The van der Waals surface area contributed by atoms with Gasteiger partial charge in [-0.3, -0.25) is 0 Å². The van der Waals surface area contributed by atoms with E-state index in [0.717, 1.165) is 0 Å². The third-order valence-corrected chi connectivity index (χ3v) is 12.8. The molecule has 0 aromatic heterocycles. The minimum Gasteiger partial charge on any atom is -0.0911 e. The smallest absolute Gasteiger partial charge is 0 e. The molecule has 27 heavy (non-hydrogen) atoms. The average Bonchev–Trinajstić information content (AvgIpc) is 2.38. The van der Waals surface area contributed by atoms with Gasteiger partial charge in [0.05, 0.1) is 0 Å². The van der Waals surface area contributed by atoms with Crippen molar-refractivity contribution in [2.75, 3.05) is 0 Å². The zero-order chi connectivity index (χ0) is 20.6. The van der Waals surface area contributed by atoms with E-state index in [0.29, 0.717) is 20.6 Å². The Bertz CT molecular complexity index is 499. The molecule has 0 N–H and O–H groups in total. The third-order valence-electron chi connectivity index (χ3n) is 5.01. The van der Waals surface area contributed by atoms with Gasteiger partial charge in [0, 0.05) is 20.4 Å². The number of hydrogen-bond donors (Lipinski definition) is 0. The van der Waals surface area contributed by atoms with Crippen LogP contribution < -0.4 is 0 Å². The summed E-state index contributed by atoms with van der Waals surface area (Å²) in [5.74, 6) is 0. The third kappa shape index (κ3) is 8.56. The fraction of sp³-hybridized carbons (Fsp3) is 0.750. The van der Waals surface area contributed by atoms with Crippen LogP contribution in [0.25, 0.3) is 0 Å². The van der Waals surface area contributed by atoms with E-state index in [2.05, 4.69) is 107 Å². The molecule has 0 aliphatic heterocycles. The first-order valence-electron chi connectivity index (χ1n) is 10.1. The Morgan fingerprint density at radius 3 is 0.926 bits per heavy atom.